The number of hydrogen-bond acceptors (Lipinski definition) is 2. The number of aryl methyl sites for hydroxylation is 5. The van der Waals surface area contributed by atoms with Crippen molar-refractivity contribution in [1.29, 1.82) is 0 Å². The average molecular weight is 285 g/mol. The van der Waals surface area contributed by atoms with E-state index in [0.29, 0.717) is 6.04 Å². The highest BCUT2D eigenvalue weighted by Gasteiger charge is 2.17. The minimum atomic E-state index is 0.294. The number of likely N-dealkylation sites (N-methyl/N-ethyl adjacent to an activating group) is 1. The molecule has 1 N–H and O–H groups in total. The van der Waals surface area contributed by atoms with Gasteiger partial charge in [-0.3, -0.25) is 4.68 Å². The van der Waals surface area contributed by atoms with E-state index in [9.17, 15) is 0 Å². The Bertz CT molecular complexity index is 602. The molecule has 1 atom stereocenters. The predicted octanol–water partition coefficient (Wildman–Crippen LogP) is 3.41. The average Bonchev–Trinajstić information content (AvgIpc) is 2.79. The van der Waals surface area contributed by atoms with Gasteiger partial charge in [-0.25, -0.2) is 0 Å². The van der Waals surface area contributed by atoms with E-state index in [1.807, 2.05) is 18.8 Å². The number of rotatable bonds is 5. The van der Waals surface area contributed by atoms with Gasteiger partial charge in [0.05, 0.1) is 17.4 Å². The molecule has 0 amide bonds. The summed E-state index contributed by atoms with van der Waals surface area (Å²) in [5, 5.41) is 8.03. The maximum Gasteiger partial charge on any atom is 0.0625 e. The van der Waals surface area contributed by atoms with E-state index in [2.05, 4.69) is 56.3 Å². The maximum atomic E-state index is 4.58. The Labute approximate surface area is 128 Å². The maximum absolute atomic E-state index is 4.58. The van der Waals surface area contributed by atoms with Crippen LogP contribution in [0.1, 0.15) is 46.6 Å². The van der Waals surface area contributed by atoms with Gasteiger partial charge in [-0.15, -0.1) is 0 Å². The van der Waals surface area contributed by atoms with E-state index < -0.39 is 0 Å². The summed E-state index contributed by atoms with van der Waals surface area (Å²) in [5.74, 6) is 0. The molecule has 0 fully saturated rings. The molecule has 21 heavy (non-hydrogen) atoms. The van der Waals surface area contributed by atoms with Gasteiger partial charge in [0.25, 0.3) is 0 Å². The van der Waals surface area contributed by atoms with Gasteiger partial charge in [-0.2, -0.15) is 5.10 Å². The van der Waals surface area contributed by atoms with Crippen LogP contribution in [0.4, 0.5) is 0 Å². The van der Waals surface area contributed by atoms with Crippen molar-refractivity contribution in [2.45, 2.75) is 46.6 Å². The van der Waals surface area contributed by atoms with Crippen molar-refractivity contribution < 1.29 is 0 Å². The molecule has 3 nitrogen and oxygen atoms in total. The number of benzene rings is 1. The van der Waals surface area contributed by atoms with Crippen LogP contribution in [0, 0.1) is 20.8 Å². The minimum Gasteiger partial charge on any atom is -0.311 e. The van der Waals surface area contributed by atoms with Gasteiger partial charge in [-0.1, -0.05) is 24.6 Å². The van der Waals surface area contributed by atoms with Crippen molar-refractivity contribution in [3.05, 3.63) is 51.8 Å². The number of hydrogen-bond donors (Lipinski definition) is 1. The van der Waals surface area contributed by atoms with Crippen LogP contribution in [0.15, 0.2) is 18.2 Å². The first-order chi connectivity index (χ1) is 9.96. The second-order valence-corrected chi connectivity index (χ2v) is 5.96. The molecule has 0 saturated carbocycles. The fourth-order valence-electron chi connectivity index (χ4n) is 3.13. The van der Waals surface area contributed by atoms with Crippen LogP contribution in [-0.4, -0.2) is 16.8 Å². The number of nitrogens with one attached hydrogen (secondary N) is 1. The Morgan fingerprint density at radius 1 is 1.14 bits per heavy atom. The van der Waals surface area contributed by atoms with Crippen molar-refractivity contribution >= 4 is 0 Å². The van der Waals surface area contributed by atoms with Gasteiger partial charge in [0.15, 0.2) is 0 Å². The molecule has 1 aromatic heterocycles. The van der Waals surface area contributed by atoms with Crippen molar-refractivity contribution in [2.75, 3.05) is 7.05 Å². The zero-order valence-electron chi connectivity index (χ0n) is 14.1. The molecular formula is C18H27N3. The van der Waals surface area contributed by atoms with E-state index in [4.69, 9.17) is 0 Å². The summed E-state index contributed by atoms with van der Waals surface area (Å²) in [7, 11) is 4.07. The Hall–Kier alpha value is -1.61. The van der Waals surface area contributed by atoms with Crippen molar-refractivity contribution in [3.63, 3.8) is 0 Å². The molecule has 0 aliphatic rings. The Morgan fingerprint density at radius 3 is 2.24 bits per heavy atom. The zero-order chi connectivity index (χ0) is 15.6. The van der Waals surface area contributed by atoms with Gasteiger partial charge < -0.3 is 5.32 Å². The molecular weight excluding hydrogens is 258 g/mol. The third kappa shape index (κ3) is 3.35. The second kappa shape index (κ2) is 6.44. The van der Waals surface area contributed by atoms with Crippen molar-refractivity contribution in [1.82, 2.24) is 15.1 Å². The van der Waals surface area contributed by atoms with Crippen LogP contribution in [-0.2, 0) is 19.9 Å². The molecule has 0 saturated heterocycles. The number of aromatic nitrogens is 2. The first-order valence-electron chi connectivity index (χ1n) is 7.73. The topological polar surface area (TPSA) is 29.9 Å². The zero-order valence-corrected chi connectivity index (χ0v) is 14.1. The van der Waals surface area contributed by atoms with Crippen LogP contribution in [0.2, 0.25) is 0 Å². The lowest BCUT2D eigenvalue weighted by Gasteiger charge is -2.20. The summed E-state index contributed by atoms with van der Waals surface area (Å²) >= 11 is 0. The first kappa shape index (κ1) is 15.8. The Kier molecular flexibility index (Phi) is 4.84. The lowest BCUT2D eigenvalue weighted by atomic mass is 9.93. The minimum absolute atomic E-state index is 0.294. The summed E-state index contributed by atoms with van der Waals surface area (Å²) in [6, 6.07) is 7.06. The standard InChI is InChI=1S/C18H27N3/c1-7-15-10-18(21(6)20-15)17(19-5)11-16-13(3)8-12(2)9-14(16)4/h8-10,17,19H,7,11H2,1-6H3. The molecule has 0 radical (unpaired) electrons. The molecule has 1 aromatic carbocycles. The lowest BCUT2D eigenvalue weighted by Crippen LogP contribution is -2.22. The van der Waals surface area contributed by atoms with Crippen molar-refractivity contribution in [2.24, 2.45) is 7.05 Å². The van der Waals surface area contributed by atoms with Gasteiger partial charge in [0.2, 0.25) is 0 Å². The van der Waals surface area contributed by atoms with Gasteiger partial charge in [-0.05, 0) is 63.4 Å². The van der Waals surface area contributed by atoms with Gasteiger partial charge in [0, 0.05) is 7.05 Å². The van der Waals surface area contributed by atoms with E-state index in [-0.39, 0.29) is 0 Å². The highest BCUT2D eigenvalue weighted by molar-refractivity contribution is 5.38. The van der Waals surface area contributed by atoms with Crippen LogP contribution < -0.4 is 5.32 Å². The Morgan fingerprint density at radius 2 is 1.76 bits per heavy atom. The third-order valence-corrected chi connectivity index (χ3v) is 4.28. The summed E-state index contributed by atoms with van der Waals surface area (Å²) in [6.07, 6.45) is 1.98. The van der Waals surface area contributed by atoms with E-state index in [0.717, 1.165) is 18.5 Å². The molecule has 3 heteroatoms. The Balaban J connectivity index is 2.33. The van der Waals surface area contributed by atoms with Crippen LogP contribution >= 0.6 is 0 Å². The largest absolute Gasteiger partial charge is 0.311 e. The predicted molar refractivity (Wildman–Crippen MR) is 88.7 cm³/mol. The van der Waals surface area contributed by atoms with E-state index in [1.165, 1.54) is 27.9 Å². The molecule has 114 valence electrons. The second-order valence-electron chi connectivity index (χ2n) is 5.96. The summed E-state index contributed by atoms with van der Waals surface area (Å²) in [4.78, 5) is 0. The van der Waals surface area contributed by atoms with Gasteiger partial charge in [0.1, 0.15) is 0 Å². The molecule has 0 spiro atoms. The SMILES string of the molecule is CCc1cc(C(Cc2c(C)cc(C)cc2C)NC)n(C)n1. The fraction of sp³-hybridized carbons (Fsp3) is 0.500. The highest BCUT2D eigenvalue weighted by Crippen LogP contribution is 2.24. The van der Waals surface area contributed by atoms with Crippen LogP contribution in [0.25, 0.3) is 0 Å². The van der Waals surface area contributed by atoms with Crippen LogP contribution in [0.5, 0.6) is 0 Å². The molecule has 1 unspecified atom stereocenters. The van der Waals surface area contributed by atoms with Gasteiger partial charge >= 0.3 is 0 Å². The molecule has 2 rings (SSSR count). The molecule has 0 bridgehead atoms. The summed E-state index contributed by atoms with van der Waals surface area (Å²) in [5.41, 5.74) is 7.96. The monoisotopic (exact) mass is 285 g/mol. The first-order valence-corrected chi connectivity index (χ1v) is 7.73. The molecule has 0 aliphatic carbocycles. The molecule has 0 aliphatic heterocycles. The molecule has 2 aromatic rings. The lowest BCUT2D eigenvalue weighted by molar-refractivity contribution is 0.535. The highest BCUT2D eigenvalue weighted by atomic mass is 15.3. The van der Waals surface area contributed by atoms with Crippen LogP contribution in [0.3, 0.4) is 0 Å². The quantitative estimate of drug-likeness (QED) is 0.912. The smallest absolute Gasteiger partial charge is 0.0625 e. The summed E-state index contributed by atoms with van der Waals surface area (Å²) < 4.78 is 2.01. The number of nitrogens with zero attached hydrogens (tertiary/aromatic N) is 2. The third-order valence-electron chi connectivity index (χ3n) is 4.28. The van der Waals surface area contributed by atoms with E-state index >= 15 is 0 Å². The molecule has 1 heterocycles. The normalized spacial score (nSPS) is 12.7. The van der Waals surface area contributed by atoms with E-state index in [1.54, 1.807) is 0 Å². The van der Waals surface area contributed by atoms with Crippen molar-refractivity contribution in [3.8, 4) is 0 Å². The fourth-order valence-corrected chi connectivity index (χ4v) is 3.13. The summed E-state index contributed by atoms with van der Waals surface area (Å²) in [6.45, 7) is 8.73.